The molecule has 3 N–H and O–H groups in total. The van der Waals surface area contributed by atoms with E-state index in [1.807, 2.05) is 18.2 Å². The summed E-state index contributed by atoms with van der Waals surface area (Å²) in [4.78, 5) is 7.91. The Balaban J connectivity index is 1.92. The lowest BCUT2D eigenvalue weighted by Gasteiger charge is -2.09. The molecule has 1 aromatic heterocycles. The van der Waals surface area contributed by atoms with Crippen LogP contribution in [0.3, 0.4) is 0 Å². The van der Waals surface area contributed by atoms with Gasteiger partial charge in [0.05, 0.1) is 7.11 Å². The third-order valence-corrected chi connectivity index (χ3v) is 2.57. The maximum Gasteiger partial charge on any atom is 0.221 e. The molecule has 0 aliphatic heterocycles. The van der Waals surface area contributed by atoms with Crippen molar-refractivity contribution in [3.05, 3.63) is 42.1 Å². The molecule has 0 aliphatic rings. The number of methoxy groups -OCH3 is 1. The summed E-state index contributed by atoms with van der Waals surface area (Å²) in [5, 5.41) is 3.20. The molecule has 0 unspecified atom stereocenters. The number of nitrogens with two attached hydrogens (primary N) is 1. The van der Waals surface area contributed by atoms with Crippen LogP contribution in [0.15, 0.2) is 36.5 Å². The number of hydrogen-bond acceptors (Lipinski definition) is 5. The van der Waals surface area contributed by atoms with Gasteiger partial charge in [-0.15, -0.1) is 0 Å². The molecule has 0 radical (unpaired) electrons. The van der Waals surface area contributed by atoms with Gasteiger partial charge in [0.15, 0.2) is 0 Å². The Morgan fingerprint density at radius 3 is 2.89 bits per heavy atom. The van der Waals surface area contributed by atoms with Gasteiger partial charge in [0.2, 0.25) is 5.95 Å². The number of hydrogen-bond donors (Lipinski definition) is 2. The standard InChI is InChI=1S/C13H16N4O/c1-18-11-5-3-2-4-10(11)6-8-15-12-7-9-16-13(14)17-12/h2-5,7,9H,6,8H2,1H3,(H3,14,15,16,17). The van der Waals surface area contributed by atoms with Crippen LogP contribution in [0.1, 0.15) is 5.56 Å². The second-order valence-electron chi connectivity index (χ2n) is 3.79. The maximum atomic E-state index is 5.50. The molecule has 5 nitrogen and oxygen atoms in total. The normalized spacial score (nSPS) is 10.1. The molecule has 0 spiro atoms. The largest absolute Gasteiger partial charge is 0.496 e. The molecule has 0 saturated heterocycles. The van der Waals surface area contributed by atoms with Crippen molar-refractivity contribution in [1.82, 2.24) is 9.97 Å². The average molecular weight is 244 g/mol. The lowest BCUT2D eigenvalue weighted by atomic mass is 10.1. The van der Waals surface area contributed by atoms with Crippen LogP contribution in [0.4, 0.5) is 11.8 Å². The van der Waals surface area contributed by atoms with E-state index >= 15 is 0 Å². The number of anilines is 2. The van der Waals surface area contributed by atoms with Gasteiger partial charge in [0, 0.05) is 12.7 Å². The van der Waals surface area contributed by atoms with Crippen molar-refractivity contribution in [2.75, 3.05) is 24.7 Å². The number of benzene rings is 1. The summed E-state index contributed by atoms with van der Waals surface area (Å²) in [5.41, 5.74) is 6.67. The predicted octanol–water partition coefficient (Wildman–Crippen LogP) is 1.72. The summed E-state index contributed by atoms with van der Waals surface area (Å²) in [6.07, 6.45) is 2.49. The molecular weight excluding hydrogens is 228 g/mol. The van der Waals surface area contributed by atoms with Gasteiger partial charge >= 0.3 is 0 Å². The predicted molar refractivity (Wildman–Crippen MR) is 71.6 cm³/mol. The fraction of sp³-hybridized carbons (Fsp3) is 0.231. The van der Waals surface area contributed by atoms with Gasteiger partial charge in [0.25, 0.3) is 0 Å². The van der Waals surface area contributed by atoms with E-state index in [9.17, 15) is 0 Å². The minimum Gasteiger partial charge on any atom is -0.496 e. The minimum absolute atomic E-state index is 0.275. The molecule has 18 heavy (non-hydrogen) atoms. The Morgan fingerprint density at radius 1 is 1.28 bits per heavy atom. The van der Waals surface area contributed by atoms with Crippen LogP contribution < -0.4 is 15.8 Å². The quantitative estimate of drug-likeness (QED) is 0.837. The molecule has 0 amide bonds. The molecule has 0 bridgehead atoms. The van der Waals surface area contributed by atoms with Crippen LogP contribution in [-0.4, -0.2) is 23.6 Å². The number of nitrogens with one attached hydrogen (secondary N) is 1. The summed E-state index contributed by atoms with van der Waals surface area (Å²) in [5.74, 6) is 1.91. The minimum atomic E-state index is 0.275. The van der Waals surface area contributed by atoms with E-state index in [1.165, 1.54) is 0 Å². The lowest BCUT2D eigenvalue weighted by Crippen LogP contribution is -2.08. The zero-order valence-electron chi connectivity index (χ0n) is 10.3. The van der Waals surface area contributed by atoms with Crippen molar-refractivity contribution in [1.29, 1.82) is 0 Å². The molecule has 1 heterocycles. The van der Waals surface area contributed by atoms with E-state index in [2.05, 4.69) is 21.4 Å². The lowest BCUT2D eigenvalue weighted by molar-refractivity contribution is 0.410. The van der Waals surface area contributed by atoms with Crippen molar-refractivity contribution >= 4 is 11.8 Å². The van der Waals surface area contributed by atoms with Crippen LogP contribution in [-0.2, 0) is 6.42 Å². The molecule has 1 aromatic carbocycles. The number of aromatic nitrogens is 2. The van der Waals surface area contributed by atoms with E-state index < -0.39 is 0 Å². The zero-order valence-corrected chi connectivity index (χ0v) is 10.3. The third kappa shape index (κ3) is 3.10. The van der Waals surface area contributed by atoms with Gasteiger partial charge in [-0.05, 0) is 24.1 Å². The fourth-order valence-electron chi connectivity index (χ4n) is 1.71. The number of para-hydroxylation sites is 1. The second kappa shape index (κ2) is 5.86. The van der Waals surface area contributed by atoms with Crippen molar-refractivity contribution in [3.8, 4) is 5.75 Å². The molecular formula is C13H16N4O. The first-order chi connectivity index (χ1) is 8.79. The SMILES string of the molecule is COc1ccccc1CCNc1ccnc(N)n1. The Morgan fingerprint density at radius 2 is 2.11 bits per heavy atom. The summed E-state index contributed by atoms with van der Waals surface area (Å²) in [7, 11) is 1.68. The second-order valence-corrected chi connectivity index (χ2v) is 3.79. The summed E-state index contributed by atoms with van der Waals surface area (Å²) >= 11 is 0. The topological polar surface area (TPSA) is 73.1 Å². The van der Waals surface area contributed by atoms with Gasteiger partial charge in [0.1, 0.15) is 11.6 Å². The highest BCUT2D eigenvalue weighted by Gasteiger charge is 2.01. The van der Waals surface area contributed by atoms with Crippen molar-refractivity contribution in [2.24, 2.45) is 0 Å². The van der Waals surface area contributed by atoms with E-state index in [4.69, 9.17) is 10.5 Å². The Hall–Kier alpha value is -2.30. The first kappa shape index (κ1) is 12.2. The number of rotatable bonds is 5. The van der Waals surface area contributed by atoms with E-state index in [-0.39, 0.29) is 5.95 Å². The van der Waals surface area contributed by atoms with Gasteiger partial charge < -0.3 is 15.8 Å². The van der Waals surface area contributed by atoms with Crippen LogP contribution in [0.25, 0.3) is 0 Å². The van der Waals surface area contributed by atoms with Crippen LogP contribution in [0.2, 0.25) is 0 Å². The van der Waals surface area contributed by atoms with Crippen molar-refractivity contribution in [2.45, 2.75) is 6.42 Å². The van der Waals surface area contributed by atoms with Gasteiger partial charge in [-0.2, -0.15) is 4.98 Å². The van der Waals surface area contributed by atoms with Crippen molar-refractivity contribution < 1.29 is 4.74 Å². The highest BCUT2D eigenvalue weighted by atomic mass is 16.5. The van der Waals surface area contributed by atoms with Gasteiger partial charge in [-0.25, -0.2) is 4.98 Å². The molecule has 2 rings (SSSR count). The monoisotopic (exact) mass is 244 g/mol. The first-order valence-electron chi connectivity index (χ1n) is 5.74. The van der Waals surface area contributed by atoms with Crippen LogP contribution >= 0.6 is 0 Å². The molecule has 0 atom stereocenters. The molecule has 0 fully saturated rings. The average Bonchev–Trinajstić information content (AvgIpc) is 2.39. The Bertz CT molecular complexity index is 516. The van der Waals surface area contributed by atoms with E-state index in [0.29, 0.717) is 0 Å². The molecule has 0 aliphatic carbocycles. The van der Waals surface area contributed by atoms with E-state index in [0.717, 1.165) is 30.1 Å². The van der Waals surface area contributed by atoms with E-state index in [1.54, 1.807) is 19.4 Å². The van der Waals surface area contributed by atoms with Crippen molar-refractivity contribution in [3.63, 3.8) is 0 Å². The Labute approximate surface area is 106 Å². The highest BCUT2D eigenvalue weighted by Crippen LogP contribution is 2.17. The third-order valence-electron chi connectivity index (χ3n) is 2.57. The molecule has 2 aromatic rings. The maximum absolute atomic E-state index is 5.50. The Kier molecular flexibility index (Phi) is 3.96. The molecule has 5 heteroatoms. The summed E-state index contributed by atoms with van der Waals surface area (Å²) < 4.78 is 5.29. The number of nitrogens with zero attached hydrogens (tertiary/aromatic N) is 2. The molecule has 0 saturated carbocycles. The smallest absolute Gasteiger partial charge is 0.221 e. The summed E-state index contributed by atoms with van der Waals surface area (Å²) in [6, 6.07) is 9.76. The zero-order chi connectivity index (χ0) is 12.8. The fourth-order valence-corrected chi connectivity index (χ4v) is 1.71. The number of ether oxygens (including phenoxy) is 1. The summed E-state index contributed by atoms with van der Waals surface area (Å²) in [6.45, 7) is 0.761. The highest BCUT2D eigenvalue weighted by molar-refractivity contribution is 5.38. The van der Waals surface area contributed by atoms with Gasteiger partial charge in [-0.1, -0.05) is 18.2 Å². The van der Waals surface area contributed by atoms with Gasteiger partial charge in [-0.3, -0.25) is 0 Å². The molecule has 94 valence electrons. The number of nitrogen functional groups attached to an aromatic ring is 1. The van der Waals surface area contributed by atoms with Crippen LogP contribution in [0, 0.1) is 0 Å². The first-order valence-corrected chi connectivity index (χ1v) is 5.74. The van der Waals surface area contributed by atoms with Crippen LogP contribution in [0.5, 0.6) is 5.75 Å².